The van der Waals surface area contributed by atoms with Crippen molar-refractivity contribution in [1.82, 2.24) is 10.6 Å². The van der Waals surface area contributed by atoms with E-state index in [1.807, 2.05) is 0 Å². The molecule has 5 aromatic rings. The zero-order valence-electron chi connectivity index (χ0n) is 20.3. The van der Waals surface area contributed by atoms with Crippen molar-refractivity contribution in [2.45, 2.75) is 13.1 Å². The summed E-state index contributed by atoms with van der Waals surface area (Å²) in [6.07, 6.45) is 0. The zero-order chi connectivity index (χ0) is 24.2. The Morgan fingerprint density at radius 3 is 1.53 bits per heavy atom. The molecule has 0 atom stereocenters. The predicted octanol–water partition coefficient (Wildman–Crippen LogP) is 6.31. The Morgan fingerprint density at radius 1 is 0.500 bits per heavy atom. The van der Waals surface area contributed by atoms with Crippen LogP contribution in [0.3, 0.4) is 0 Å². The molecule has 5 aromatic carbocycles. The quantitative estimate of drug-likeness (QED) is 0.276. The molecule has 4 heteroatoms. The Hall–Kier alpha value is -3.86. The summed E-state index contributed by atoms with van der Waals surface area (Å²) in [5.74, 6) is 1.75. The highest BCUT2D eigenvalue weighted by Crippen LogP contribution is 2.45. The van der Waals surface area contributed by atoms with Crippen molar-refractivity contribution in [2.75, 3.05) is 26.3 Å². The van der Waals surface area contributed by atoms with Crippen LogP contribution in [0.25, 0.3) is 32.7 Å². The molecule has 0 spiro atoms. The van der Waals surface area contributed by atoms with Crippen molar-refractivity contribution >= 4 is 21.5 Å². The summed E-state index contributed by atoms with van der Waals surface area (Å²) in [4.78, 5) is 0. The summed E-state index contributed by atoms with van der Waals surface area (Å²) in [5, 5.41) is 11.8. The van der Waals surface area contributed by atoms with Gasteiger partial charge in [0.25, 0.3) is 0 Å². The molecule has 1 heterocycles. The van der Waals surface area contributed by atoms with Gasteiger partial charge in [0.15, 0.2) is 0 Å². The van der Waals surface area contributed by atoms with Crippen molar-refractivity contribution < 1.29 is 9.47 Å². The molecule has 2 N–H and O–H groups in total. The minimum absolute atomic E-state index is 0.577. The number of fused-ring (bicyclic) bond motifs is 9. The third-order valence-electron chi connectivity index (χ3n) is 6.75. The van der Waals surface area contributed by atoms with Crippen LogP contribution in [-0.2, 0) is 13.1 Å². The average molecular weight is 475 g/mol. The van der Waals surface area contributed by atoms with Gasteiger partial charge >= 0.3 is 0 Å². The van der Waals surface area contributed by atoms with Crippen molar-refractivity contribution in [3.05, 3.63) is 108 Å². The molecule has 1 aliphatic heterocycles. The van der Waals surface area contributed by atoms with E-state index in [0.717, 1.165) is 59.6 Å². The first kappa shape index (κ1) is 22.6. The van der Waals surface area contributed by atoms with E-state index in [9.17, 15) is 0 Å². The number of hydrogen-bond acceptors (Lipinski definition) is 4. The lowest BCUT2D eigenvalue weighted by molar-refractivity contribution is 0.311. The maximum Gasteiger partial charge on any atom is 0.127 e. The second kappa shape index (κ2) is 10.4. The topological polar surface area (TPSA) is 42.5 Å². The SMILES string of the molecule is c1cc2cc(c1)CNCCOc1ccc3ccccc3c1-c1c(ccc3ccccc13)OCCNC2. The number of hydrogen-bond donors (Lipinski definition) is 2. The fraction of sp³-hybridized carbons (Fsp3) is 0.188. The number of rotatable bonds is 0. The number of benzene rings is 5. The highest BCUT2D eigenvalue weighted by molar-refractivity contribution is 6.09. The molecule has 0 amide bonds. The Morgan fingerprint density at radius 2 is 1.00 bits per heavy atom. The fourth-order valence-corrected chi connectivity index (χ4v) is 5.04. The molecule has 36 heavy (non-hydrogen) atoms. The summed E-state index contributed by atoms with van der Waals surface area (Å²) in [6.45, 7) is 4.30. The molecule has 180 valence electrons. The normalized spacial score (nSPS) is 14.8. The second-order valence-corrected chi connectivity index (χ2v) is 9.19. The van der Waals surface area contributed by atoms with Gasteiger partial charge in [-0.3, -0.25) is 0 Å². The summed E-state index contributed by atoms with van der Waals surface area (Å²) < 4.78 is 12.9. The van der Waals surface area contributed by atoms with Crippen molar-refractivity contribution in [1.29, 1.82) is 0 Å². The van der Waals surface area contributed by atoms with Crippen molar-refractivity contribution in [2.24, 2.45) is 0 Å². The monoisotopic (exact) mass is 474 g/mol. The highest BCUT2D eigenvalue weighted by atomic mass is 16.5. The summed E-state index contributed by atoms with van der Waals surface area (Å²) in [7, 11) is 0. The average Bonchev–Trinajstić information content (AvgIpc) is 2.92. The molecule has 0 unspecified atom stereocenters. The van der Waals surface area contributed by atoms with E-state index in [4.69, 9.17) is 9.47 Å². The Labute approximate surface area is 211 Å². The van der Waals surface area contributed by atoms with Gasteiger partial charge in [0.1, 0.15) is 24.7 Å². The van der Waals surface area contributed by atoms with Crippen molar-refractivity contribution in [3.63, 3.8) is 0 Å². The molecule has 0 aliphatic carbocycles. The number of nitrogens with one attached hydrogen (secondary N) is 2. The van der Waals surface area contributed by atoms with Crippen LogP contribution in [-0.4, -0.2) is 26.3 Å². The van der Waals surface area contributed by atoms with Crippen LogP contribution in [0.4, 0.5) is 0 Å². The smallest absolute Gasteiger partial charge is 0.127 e. The first-order valence-electron chi connectivity index (χ1n) is 12.7. The summed E-state index contributed by atoms with van der Waals surface area (Å²) in [5.41, 5.74) is 4.73. The van der Waals surface area contributed by atoms with E-state index in [2.05, 4.69) is 108 Å². The Balaban J connectivity index is 1.46. The van der Waals surface area contributed by atoms with Gasteiger partial charge in [-0.25, -0.2) is 0 Å². The lowest BCUT2D eigenvalue weighted by atomic mass is 9.92. The lowest BCUT2D eigenvalue weighted by Gasteiger charge is -2.20. The predicted molar refractivity (Wildman–Crippen MR) is 148 cm³/mol. The standard InChI is InChI=1S/C32H30N2O2/c1-3-10-27-25(8-1)12-14-29-31(27)32-28-11-4-2-9-26(28)13-15-30(32)36-19-17-34-22-24-7-5-6-23(20-24)21-33-16-18-35-29/h1-15,20,33-34H,16-19,21-22H2. The van der Waals surface area contributed by atoms with Crippen LogP contribution >= 0.6 is 0 Å². The van der Waals surface area contributed by atoms with Crippen LogP contribution in [0.15, 0.2) is 97.1 Å². The molecule has 0 saturated carbocycles. The Kier molecular flexibility index (Phi) is 6.53. The summed E-state index contributed by atoms with van der Waals surface area (Å²) >= 11 is 0. The van der Waals surface area contributed by atoms with E-state index in [1.54, 1.807) is 0 Å². The van der Waals surface area contributed by atoms with Crippen LogP contribution in [0, 0.1) is 0 Å². The molecule has 4 nitrogen and oxygen atoms in total. The molecule has 0 fully saturated rings. The first-order valence-corrected chi connectivity index (χ1v) is 12.7. The lowest BCUT2D eigenvalue weighted by Crippen LogP contribution is -2.21. The van der Waals surface area contributed by atoms with Gasteiger partial charge in [-0.2, -0.15) is 0 Å². The fourth-order valence-electron chi connectivity index (χ4n) is 5.04. The van der Waals surface area contributed by atoms with Crippen LogP contribution in [0.1, 0.15) is 11.1 Å². The zero-order valence-corrected chi connectivity index (χ0v) is 20.3. The van der Waals surface area contributed by atoms with Crippen LogP contribution < -0.4 is 20.1 Å². The maximum absolute atomic E-state index is 6.45. The van der Waals surface area contributed by atoms with E-state index < -0.39 is 0 Å². The molecule has 2 bridgehead atoms. The first-order chi connectivity index (χ1) is 17.9. The van der Waals surface area contributed by atoms with Crippen LogP contribution in [0.2, 0.25) is 0 Å². The minimum Gasteiger partial charge on any atom is -0.492 e. The third kappa shape index (κ3) is 4.66. The van der Waals surface area contributed by atoms with Crippen molar-refractivity contribution in [3.8, 4) is 22.6 Å². The largest absolute Gasteiger partial charge is 0.492 e. The molecular weight excluding hydrogens is 444 g/mol. The van der Waals surface area contributed by atoms with E-state index >= 15 is 0 Å². The molecule has 0 saturated heterocycles. The van der Waals surface area contributed by atoms with Gasteiger partial charge in [0.2, 0.25) is 0 Å². The van der Waals surface area contributed by atoms with Gasteiger partial charge in [0, 0.05) is 37.3 Å². The Bertz CT molecular complexity index is 1400. The molecule has 0 aromatic heterocycles. The van der Waals surface area contributed by atoms with Gasteiger partial charge in [-0.05, 0) is 44.8 Å². The van der Waals surface area contributed by atoms with Gasteiger partial charge in [0.05, 0.1) is 0 Å². The number of ether oxygens (including phenoxy) is 2. The molecule has 1 aliphatic rings. The van der Waals surface area contributed by atoms with Crippen LogP contribution in [0.5, 0.6) is 11.5 Å². The van der Waals surface area contributed by atoms with Gasteiger partial charge in [-0.1, -0.05) is 84.9 Å². The van der Waals surface area contributed by atoms with Gasteiger partial charge in [-0.15, -0.1) is 0 Å². The highest BCUT2D eigenvalue weighted by Gasteiger charge is 2.19. The van der Waals surface area contributed by atoms with Gasteiger partial charge < -0.3 is 20.1 Å². The molecular formula is C32H30N2O2. The minimum atomic E-state index is 0.577. The maximum atomic E-state index is 6.45. The van der Waals surface area contributed by atoms with E-state index in [-0.39, 0.29) is 0 Å². The van der Waals surface area contributed by atoms with E-state index in [1.165, 1.54) is 21.9 Å². The molecule has 6 rings (SSSR count). The second-order valence-electron chi connectivity index (χ2n) is 9.19. The molecule has 0 radical (unpaired) electrons. The third-order valence-corrected chi connectivity index (χ3v) is 6.75. The summed E-state index contributed by atoms with van der Waals surface area (Å²) in [6, 6.07) is 34.2. The van der Waals surface area contributed by atoms with E-state index in [0.29, 0.717) is 13.2 Å².